The van der Waals surface area contributed by atoms with Gasteiger partial charge in [-0.05, 0) is 30.4 Å². The third-order valence-corrected chi connectivity index (χ3v) is 7.09. The van der Waals surface area contributed by atoms with Gasteiger partial charge in [-0.1, -0.05) is 20.8 Å². The van der Waals surface area contributed by atoms with Crippen molar-refractivity contribution in [3.8, 4) is 5.75 Å². The van der Waals surface area contributed by atoms with Gasteiger partial charge >= 0.3 is 11.7 Å². The predicted molar refractivity (Wildman–Crippen MR) is 127 cm³/mol. The number of fused-ring (bicyclic) bond motifs is 2. The molecule has 0 aromatic carbocycles. The third-order valence-electron chi connectivity index (χ3n) is 7.09. The second kappa shape index (κ2) is 7.82. The van der Waals surface area contributed by atoms with Gasteiger partial charge in [0.2, 0.25) is 0 Å². The van der Waals surface area contributed by atoms with E-state index in [1.165, 1.54) is 20.2 Å². The Balaban J connectivity index is 1.50. The number of carbonyl (C=O) groups is 2. The maximum absolute atomic E-state index is 13.5. The summed E-state index contributed by atoms with van der Waals surface area (Å²) in [5, 5.41) is 14.4. The van der Waals surface area contributed by atoms with Gasteiger partial charge in [0.25, 0.3) is 5.91 Å². The standard InChI is InChI=1S/C24H28N6O5/c1-23(2,3)24(21(32)33)7-5-8-30(24)20(31)15-12-17-19(25-14-15)28(10-11-35-17)16-6-9-29-18(13-16)26-27(4)22(29)34/h6,9,12-14H,5,7-8,10-11H2,1-4H3,(H,32,33)/t24-/m0/s1. The zero-order valence-corrected chi connectivity index (χ0v) is 20.2. The largest absolute Gasteiger partial charge is 0.488 e. The molecule has 0 unspecified atom stereocenters. The molecule has 2 aliphatic rings. The molecular weight excluding hydrogens is 452 g/mol. The topological polar surface area (TPSA) is 122 Å². The van der Waals surface area contributed by atoms with Gasteiger partial charge in [0, 0.05) is 37.7 Å². The van der Waals surface area contributed by atoms with Crippen molar-refractivity contribution in [2.45, 2.75) is 39.2 Å². The number of carbonyl (C=O) groups excluding carboxylic acids is 1. The summed E-state index contributed by atoms with van der Waals surface area (Å²) in [5.74, 6) is -0.383. The Labute approximate surface area is 201 Å². The van der Waals surface area contributed by atoms with Crippen molar-refractivity contribution in [1.29, 1.82) is 0 Å². The van der Waals surface area contributed by atoms with Crippen molar-refractivity contribution >= 4 is 29.0 Å². The molecule has 2 aliphatic heterocycles. The average molecular weight is 481 g/mol. The Bertz CT molecular complexity index is 1400. The second-order valence-electron chi connectivity index (χ2n) is 10.0. The fourth-order valence-corrected chi connectivity index (χ4v) is 5.28. The lowest BCUT2D eigenvalue weighted by molar-refractivity contribution is -0.155. The normalized spacial score (nSPS) is 20.1. The molecule has 3 aromatic heterocycles. The molecule has 1 amide bonds. The van der Waals surface area contributed by atoms with Gasteiger partial charge in [0.05, 0.1) is 12.1 Å². The van der Waals surface area contributed by atoms with E-state index >= 15 is 0 Å². The van der Waals surface area contributed by atoms with Crippen molar-refractivity contribution in [3.63, 3.8) is 0 Å². The first-order valence-corrected chi connectivity index (χ1v) is 11.6. The summed E-state index contributed by atoms with van der Waals surface area (Å²) >= 11 is 0. The van der Waals surface area contributed by atoms with E-state index in [4.69, 9.17) is 4.74 Å². The maximum Gasteiger partial charge on any atom is 0.350 e. The van der Waals surface area contributed by atoms with Crippen LogP contribution >= 0.6 is 0 Å². The molecule has 0 saturated carbocycles. The Hall–Kier alpha value is -3.89. The van der Waals surface area contributed by atoms with Gasteiger partial charge in [-0.3, -0.25) is 9.20 Å². The van der Waals surface area contributed by atoms with Crippen molar-refractivity contribution < 1.29 is 19.4 Å². The summed E-state index contributed by atoms with van der Waals surface area (Å²) in [4.78, 5) is 46.0. The second-order valence-corrected chi connectivity index (χ2v) is 10.0. The molecular formula is C24H28N6O5. The summed E-state index contributed by atoms with van der Waals surface area (Å²) in [7, 11) is 1.60. The summed E-state index contributed by atoms with van der Waals surface area (Å²) in [6, 6.07) is 5.24. The van der Waals surface area contributed by atoms with E-state index in [-0.39, 0.29) is 17.2 Å². The monoisotopic (exact) mass is 480 g/mol. The zero-order chi connectivity index (χ0) is 25.1. The summed E-state index contributed by atoms with van der Waals surface area (Å²) in [5.41, 5.74) is -0.582. The minimum absolute atomic E-state index is 0.232. The molecule has 0 radical (unpaired) electrons. The molecule has 1 atom stereocenters. The number of carboxylic acid groups (broad SMARTS) is 1. The zero-order valence-electron chi connectivity index (χ0n) is 20.2. The van der Waals surface area contributed by atoms with Crippen molar-refractivity contribution in [2.24, 2.45) is 12.5 Å². The minimum Gasteiger partial charge on any atom is -0.488 e. The van der Waals surface area contributed by atoms with E-state index in [0.29, 0.717) is 49.8 Å². The van der Waals surface area contributed by atoms with Crippen LogP contribution in [0.15, 0.2) is 35.4 Å². The van der Waals surface area contributed by atoms with Crippen LogP contribution in [0.1, 0.15) is 44.0 Å². The molecule has 3 aromatic rings. The molecule has 184 valence electrons. The molecule has 1 fully saturated rings. The predicted octanol–water partition coefficient (Wildman–Crippen LogP) is 2.06. The first-order valence-electron chi connectivity index (χ1n) is 11.6. The average Bonchev–Trinajstić information content (AvgIpc) is 3.40. The highest BCUT2D eigenvalue weighted by atomic mass is 16.5. The SMILES string of the molecule is Cn1nc2cc(N3CCOc4cc(C(=O)N5CCC[C@]5(C(=O)O)C(C)(C)C)cnc43)ccn2c1=O. The lowest BCUT2D eigenvalue weighted by Crippen LogP contribution is -2.60. The van der Waals surface area contributed by atoms with Gasteiger partial charge in [-0.2, -0.15) is 5.10 Å². The number of anilines is 2. The van der Waals surface area contributed by atoms with Gasteiger partial charge in [-0.25, -0.2) is 19.3 Å². The van der Waals surface area contributed by atoms with E-state index in [1.54, 1.807) is 31.4 Å². The highest BCUT2D eigenvalue weighted by molar-refractivity contribution is 5.99. The van der Waals surface area contributed by atoms with Crippen LogP contribution in [-0.4, -0.2) is 66.3 Å². The van der Waals surface area contributed by atoms with E-state index in [9.17, 15) is 19.5 Å². The van der Waals surface area contributed by atoms with Crippen LogP contribution < -0.4 is 15.3 Å². The van der Waals surface area contributed by atoms with Gasteiger partial charge in [0.15, 0.2) is 17.2 Å². The summed E-state index contributed by atoms with van der Waals surface area (Å²) < 4.78 is 8.57. The number of aliphatic carboxylic acids is 1. The number of hydrogen-bond acceptors (Lipinski definition) is 7. The maximum atomic E-state index is 13.5. The van der Waals surface area contributed by atoms with Crippen molar-refractivity contribution in [2.75, 3.05) is 24.6 Å². The minimum atomic E-state index is -1.29. The van der Waals surface area contributed by atoms with Gasteiger partial charge in [-0.15, -0.1) is 0 Å². The molecule has 0 bridgehead atoms. The van der Waals surface area contributed by atoms with Crippen LogP contribution in [0.5, 0.6) is 5.75 Å². The Morgan fingerprint density at radius 3 is 2.69 bits per heavy atom. The molecule has 1 saturated heterocycles. The lowest BCUT2D eigenvalue weighted by atomic mass is 9.71. The number of ether oxygens (including phenoxy) is 1. The van der Waals surface area contributed by atoms with Crippen LogP contribution in [0.4, 0.5) is 11.5 Å². The first-order chi connectivity index (χ1) is 16.5. The van der Waals surface area contributed by atoms with Crippen molar-refractivity contribution in [1.82, 2.24) is 24.1 Å². The van der Waals surface area contributed by atoms with Crippen molar-refractivity contribution in [3.05, 3.63) is 46.6 Å². The molecule has 11 heteroatoms. The number of aryl methyl sites for hydroxylation is 1. The quantitative estimate of drug-likeness (QED) is 0.605. The fraction of sp³-hybridized carbons (Fsp3) is 0.458. The van der Waals surface area contributed by atoms with E-state index in [0.717, 1.165) is 5.69 Å². The lowest BCUT2D eigenvalue weighted by Gasteiger charge is -2.44. The Morgan fingerprint density at radius 2 is 1.97 bits per heavy atom. The molecule has 0 aliphatic carbocycles. The molecule has 35 heavy (non-hydrogen) atoms. The van der Waals surface area contributed by atoms with Gasteiger partial charge < -0.3 is 19.6 Å². The summed E-state index contributed by atoms with van der Waals surface area (Å²) in [6.07, 6.45) is 4.16. The van der Waals surface area contributed by atoms with Crippen LogP contribution in [0, 0.1) is 5.41 Å². The van der Waals surface area contributed by atoms with E-state index in [2.05, 4.69) is 10.1 Å². The first kappa shape index (κ1) is 22.9. The third kappa shape index (κ3) is 3.36. The van der Waals surface area contributed by atoms with Gasteiger partial charge in [0.1, 0.15) is 12.1 Å². The Kier molecular flexibility index (Phi) is 5.11. The number of nitrogens with zero attached hydrogens (tertiary/aromatic N) is 6. The molecule has 0 spiro atoms. The number of hydrogen-bond donors (Lipinski definition) is 1. The fourth-order valence-electron chi connectivity index (χ4n) is 5.28. The highest BCUT2D eigenvalue weighted by Crippen LogP contribution is 2.45. The molecule has 1 N–H and O–H groups in total. The molecule has 5 rings (SSSR count). The number of carboxylic acids is 1. The number of amides is 1. The number of aromatic nitrogens is 4. The summed E-state index contributed by atoms with van der Waals surface area (Å²) in [6.45, 7) is 6.83. The molecule has 5 heterocycles. The van der Waals surface area contributed by atoms with E-state index in [1.807, 2.05) is 25.7 Å². The highest BCUT2D eigenvalue weighted by Gasteiger charge is 2.57. The van der Waals surface area contributed by atoms with Crippen LogP contribution in [0.25, 0.3) is 5.65 Å². The number of rotatable bonds is 3. The number of likely N-dealkylation sites (tertiary alicyclic amines) is 1. The molecule has 11 nitrogen and oxygen atoms in total. The van der Waals surface area contributed by atoms with Crippen LogP contribution in [-0.2, 0) is 11.8 Å². The number of pyridine rings is 2. The van der Waals surface area contributed by atoms with Crippen LogP contribution in [0.3, 0.4) is 0 Å². The van der Waals surface area contributed by atoms with Crippen LogP contribution in [0.2, 0.25) is 0 Å². The Morgan fingerprint density at radius 1 is 1.20 bits per heavy atom. The van der Waals surface area contributed by atoms with E-state index < -0.39 is 16.9 Å². The smallest absolute Gasteiger partial charge is 0.350 e.